The van der Waals surface area contributed by atoms with Crippen molar-refractivity contribution >= 4 is 11.6 Å². The molecule has 0 amide bonds. The number of hydrogen-bond donors (Lipinski definition) is 1. The van der Waals surface area contributed by atoms with E-state index in [1.807, 2.05) is 6.92 Å². The van der Waals surface area contributed by atoms with E-state index in [-0.39, 0.29) is 16.8 Å². The van der Waals surface area contributed by atoms with Gasteiger partial charge in [0.25, 0.3) is 0 Å². The summed E-state index contributed by atoms with van der Waals surface area (Å²) in [4.78, 5) is 14.3. The standard InChI is InChI=1S/C12H11ClFN3O2/c1-5-3-7-10(17-12(18)15-6(2)16-17)9(14)4-8(13)11(7)19-5/h4-5H,3H2,1-2H3,(H,15,16,18). The Hall–Kier alpha value is -1.82. The fourth-order valence-corrected chi connectivity index (χ4v) is 2.55. The highest BCUT2D eigenvalue weighted by atomic mass is 35.5. The molecule has 19 heavy (non-hydrogen) atoms. The molecular weight excluding hydrogens is 273 g/mol. The van der Waals surface area contributed by atoms with Crippen molar-refractivity contribution in [1.29, 1.82) is 0 Å². The van der Waals surface area contributed by atoms with E-state index in [4.69, 9.17) is 16.3 Å². The lowest BCUT2D eigenvalue weighted by Gasteiger charge is -2.09. The van der Waals surface area contributed by atoms with Gasteiger partial charge in [0.2, 0.25) is 0 Å². The summed E-state index contributed by atoms with van der Waals surface area (Å²) in [5.41, 5.74) is 0.199. The average Bonchev–Trinajstić information content (AvgIpc) is 2.83. The molecule has 0 bridgehead atoms. The van der Waals surface area contributed by atoms with Crippen LogP contribution in [0.5, 0.6) is 5.75 Å². The van der Waals surface area contributed by atoms with Crippen LogP contribution in [0.25, 0.3) is 5.69 Å². The predicted octanol–water partition coefficient (Wildman–Crippen LogP) is 1.98. The van der Waals surface area contributed by atoms with Gasteiger partial charge in [0, 0.05) is 12.0 Å². The third kappa shape index (κ3) is 1.83. The number of nitrogens with one attached hydrogen (secondary N) is 1. The van der Waals surface area contributed by atoms with E-state index in [9.17, 15) is 9.18 Å². The number of aromatic nitrogens is 3. The molecule has 0 radical (unpaired) electrons. The molecule has 0 spiro atoms. The zero-order valence-corrected chi connectivity index (χ0v) is 11.1. The Morgan fingerprint density at radius 2 is 2.37 bits per heavy atom. The van der Waals surface area contributed by atoms with Crippen LogP contribution in [0.3, 0.4) is 0 Å². The number of aromatic amines is 1. The quantitative estimate of drug-likeness (QED) is 0.871. The Kier molecular flexibility index (Phi) is 2.63. The molecule has 1 aliphatic rings. The first-order valence-corrected chi connectivity index (χ1v) is 6.19. The topological polar surface area (TPSA) is 59.9 Å². The van der Waals surface area contributed by atoms with Crippen LogP contribution in [-0.2, 0) is 6.42 Å². The molecule has 100 valence electrons. The molecule has 2 aromatic rings. The molecule has 1 N–H and O–H groups in total. The second-order valence-electron chi connectivity index (χ2n) is 4.56. The van der Waals surface area contributed by atoms with E-state index in [2.05, 4.69) is 10.1 Å². The molecule has 2 heterocycles. The number of fused-ring (bicyclic) bond motifs is 1. The Balaban J connectivity index is 2.31. The molecule has 1 aliphatic heterocycles. The fraction of sp³-hybridized carbons (Fsp3) is 0.333. The van der Waals surface area contributed by atoms with Gasteiger partial charge in [-0.1, -0.05) is 11.6 Å². The molecule has 1 aromatic heterocycles. The van der Waals surface area contributed by atoms with Gasteiger partial charge in [0.1, 0.15) is 23.4 Å². The minimum atomic E-state index is -0.588. The van der Waals surface area contributed by atoms with Crippen LogP contribution in [0.2, 0.25) is 5.02 Å². The third-order valence-corrected chi connectivity index (χ3v) is 3.29. The molecule has 0 fully saturated rings. The maximum absolute atomic E-state index is 14.2. The maximum atomic E-state index is 14.2. The van der Waals surface area contributed by atoms with Crippen LogP contribution >= 0.6 is 11.6 Å². The smallest absolute Gasteiger partial charge is 0.348 e. The minimum absolute atomic E-state index is 0.108. The van der Waals surface area contributed by atoms with Gasteiger partial charge in [-0.15, -0.1) is 0 Å². The molecule has 0 saturated carbocycles. The molecule has 1 atom stereocenters. The molecule has 0 aliphatic carbocycles. The first-order valence-electron chi connectivity index (χ1n) is 5.81. The minimum Gasteiger partial charge on any atom is -0.488 e. The number of aryl methyl sites for hydroxylation is 1. The number of rotatable bonds is 1. The van der Waals surface area contributed by atoms with Gasteiger partial charge in [-0.2, -0.15) is 9.78 Å². The molecule has 0 saturated heterocycles. The van der Waals surface area contributed by atoms with Gasteiger partial charge in [-0.05, 0) is 19.9 Å². The lowest BCUT2D eigenvalue weighted by atomic mass is 10.1. The van der Waals surface area contributed by atoms with Crippen molar-refractivity contribution in [3.63, 3.8) is 0 Å². The van der Waals surface area contributed by atoms with Crippen molar-refractivity contribution in [2.24, 2.45) is 0 Å². The summed E-state index contributed by atoms with van der Waals surface area (Å²) in [5.74, 6) is 0.258. The zero-order chi connectivity index (χ0) is 13.7. The fourth-order valence-electron chi connectivity index (χ4n) is 2.30. The van der Waals surface area contributed by atoms with Crippen LogP contribution < -0.4 is 10.4 Å². The first kappa shape index (κ1) is 12.2. The van der Waals surface area contributed by atoms with Crippen molar-refractivity contribution in [2.75, 3.05) is 0 Å². The number of nitrogens with zero attached hydrogens (tertiary/aromatic N) is 2. The SMILES string of the molecule is Cc1nn(-c2c(F)cc(Cl)c3c2CC(C)O3)c(=O)[nH]1. The highest BCUT2D eigenvalue weighted by molar-refractivity contribution is 6.32. The normalized spacial score (nSPS) is 17.4. The first-order chi connectivity index (χ1) is 8.97. The van der Waals surface area contributed by atoms with Gasteiger partial charge >= 0.3 is 5.69 Å². The molecule has 1 aromatic carbocycles. The number of benzene rings is 1. The number of halogens is 2. The third-order valence-electron chi connectivity index (χ3n) is 3.01. The van der Waals surface area contributed by atoms with Crippen molar-refractivity contribution in [3.05, 3.63) is 38.8 Å². The Morgan fingerprint density at radius 1 is 1.63 bits per heavy atom. The molecular formula is C12H11ClFN3O2. The number of H-pyrrole nitrogens is 1. The highest BCUT2D eigenvalue weighted by Crippen LogP contribution is 2.40. The maximum Gasteiger partial charge on any atom is 0.348 e. The summed E-state index contributed by atoms with van der Waals surface area (Å²) in [6.07, 6.45) is 0.379. The summed E-state index contributed by atoms with van der Waals surface area (Å²) in [5, 5.41) is 4.19. The predicted molar refractivity (Wildman–Crippen MR) is 67.7 cm³/mol. The average molecular weight is 284 g/mol. The number of hydrogen-bond acceptors (Lipinski definition) is 3. The summed E-state index contributed by atoms with van der Waals surface area (Å²) in [6.45, 7) is 3.49. The summed E-state index contributed by atoms with van der Waals surface area (Å²) < 4.78 is 20.7. The Labute approximate surface area is 113 Å². The van der Waals surface area contributed by atoms with Crippen molar-refractivity contribution in [1.82, 2.24) is 14.8 Å². The van der Waals surface area contributed by atoms with Crippen LogP contribution in [0.4, 0.5) is 4.39 Å². The molecule has 3 rings (SSSR count). The zero-order valence-electron chi connectivity index (χ0n) is 10.3. The van der Waals surface area contributed by atoms with E-state index in [0.717, 1.165) is 10.7 Å². The lowest BCUT2D eigenvalue weighted by Crippen LogP contribution is -2.19. The van der Waals surface area contributed by atoms with Crippen molar-refractivity contribution < 1.29 is 9.13 Å². The van der Waals surface area contributed by atoms with Crippen LogP contribution in [0, 0.1) is 12.7 Å². The molecule has 7 heteroatoms. The molecule has 1 unspecified atom stereocenters. The van der Waals surface area contributed by atoms with E-state index in [0.29, 0.717) is 23.6 Å². The van der Waals surface area contributed by atoms with Crippen molar-refractivity contribution in [3.8, 4) is 11.4 Å². The van der Waals surface area contributed by atoms with E-state index in [1.54, 1.807) is 6.92 Å². The van der Waals surface area contributed by atoms with Gasteiger partial charge in [0.05, 0.1) is 5.02 Å². The summed E-state index contributed by atoms with van der Waals surface area (Å²) in [6, 6.07) is 1.14. The van der Waals surface area contributed by atoms with Crippen LogP contribution in [0.1, 0.15) is 18.3 Å². The Morgan fingerprint density at radius 3 is 3.00 bits per heavy atom. The van der Waals surface area contributed by atoms with E-state index in [1.165, 1.54) is 0 Å². The number of ether oxygens (including phenoxy) is 1. The molecule has 5 nitrogen and oxygen atoms in total. The monoisotopic (exact) mass is 283 g/mol. The highest BCUT2D eigenvalue weighted by Gasteiger charge is 2.29. The van der Waals surface area contributed by atoms with E-state index >= 15 is 0 Å². The summed E-state index contributed by atoms with van der Waals surface area (Å²) in [7, 11) is 0. The van der Waals surface area contributed by atoms with Crippen molar-refractivity contribution in [2.45, 2.75) is 26.4 Å². The summed E-state index contributed by atoms with van der Waals surface area (Å²) >= 11 is 5.96. The second kappa shape index (κ2) is 4.09. The van der Waals surface area contributed by atoms with Gasteiger partial charge in [-0.3, -0.25) is 4.98 Å². The van der Waals surface area contributed by atoms with Gasteiger partial charge < -0.3 is 4.74 Å². The Bertz CT molecular complexity index is 722. The van der Waals surface area contributed by atoms with Crippen LogP contribution in [0.15, 0.2) is 10.9 Å². The van der Waals surface area contributed by atoms with Gasteiger partial charge in [-0.25, -0.2) is 9.18 Å². The van der Waals surface area contributed by atoms with E-state index < -0.39 is 11.5 Å². The lowest BCUT2D eigenvalue weighted by molar-refractivity contribution is 0.255. The van der Waals surface area contributed by atoms with Crippen LogP contribution in [-0.4, -0.2) is 20.9 Å². The largest absolute Gasteiger partial charge is 0.488 e. The van der Waals surface area contributed by atoms with Gasteiger partial charge in [0.15, 0.2) is 5.82 Å². The second-order valence-corrected chi connectivity index (χ2v) is 4.96.